The lowest BCUT2D eigenvalue weighted by atomic mass is 10.1. The highest BCUT2D eigenvalue weighted by Gasteiger charge is 1.88. The molecule has 0 aromatic heterocycles. The number of rotatable bonds is 5. The lowest BCUT2D eigenvalue weighted by Gasteiger charge is -1.97. The Morgan fingerprint density at radius 2 is 2.18 bits per heavy atom. The minimum absolute atomic E-state index is 1.17. The van der Waals surface area contributed by atoms with Crippen LogP contribution in [0.3, 0.4) is 0 Å². The highest BCUT2D eigenvalue weighted by atomic mass is 13.9. The molecule has 0 heterocycles. The van der Waals surface area contributed by atoms with E-state index in [0.29, 0.717) is 0 Å². The van der Waals surface area contributed by atoms with E-state index < -0.39 is 0 Å². The molecule has 0 nitrogen and oxygen atoms in total. The van der Waals surface area contributed by atoms with Crippen molar-refractivity contribution in [2.75, 3.05) is 0 Å². The van der Waals surface area contributed by atoms with Crippen LogP contribution in [0.1, 0.15) is 33.1 Å². The fourth-order valence-electron chi connectivity index (χ4n) is 0.969. The van der Waals surface area contributed by atoms with Crippen LogP contribution in [0.25, 0.3) is 0 Å². The highest BCUT2D eigenvalue weighted by Crippen LogP contribution is 2.08. The minimum Gasteiger partial charge on any atom is -0.0991 e. The van der Waals surface area contributed by atoms with Gasteiger partial charge in [0.05, 0.1) is 0 Å². The Kier molecular flexibility index (Phi) is 6.81. The van der Waals surface area contributed by atoms with Crippen molar-refractivity contribution in [1.29, 1.82) is 0 Å². The molecule has 0 aliphatic heterocycles. The zero-order valence-corrected chi connectivity index (χ0v) is 7.64. The third kappa shape index (κ3) is 5.65. The third-order valence-corrected chi connectivity index (χ3v) is 1.53. The first-order chi connectivity index (χ1) is 5.35. The maximum Gasteiger partial charge on any atom is -0.0279 e. The number of allylic oxidation sites excluding steroid dienone is 5. The fourth-order valence-corrected chi connectivity index (χ4v) is 0.969. The van der Waals surface area contributed by atoms with Crippen molar-refractivity contribution < 1.29 is 0 Å². The van der Waals surface area contributed by atoms with Crippen LogP contribution in [-0.2, 0) is 0 Å². The quantitative estimate of drug-likeness (QED) is 0.522. The van der Waals surface area contributed by atoms with E-state index >= 15 is 0 Å². The molecular formula is C11H18. The predicted molar refractivity (Wildman–Crippen MR) is 52.6 cm³/mol. The normalized spacial score (nSPS) is 12.4. The van der Waals surface area contributed by atoms with Gasteiger partial charge in [-0.25, -0.2) is 0 Å². The molecule has 0 radical (unpaired) electrons. The molecule has 0 rings (SSSR count). The van der Waals surface area contributed by atoms with Gasteiger partial charge in [0.15, 0.2) is 0 Å². The lowest BCUT2D eigenvalue weighted by Crippen LogP contribution is -1.77. The Morgan fingerprint density at radius 3 is 2.64 bits per heavy atom. The summed E-state index contributed by atoms with van der Waals surface area (Å²) < 4.78 is 0. The van der Waals surface area contributed by atoms with E-state index in [0.717, 1.165) is 0 Å². The maximum atomic E-state index is 3.68. The summed E-state index contributed by atoms with van der Waals surface area (Å²) >= 11 is 0. The monoisotopic (exact) mass is 150 g/mol. The standard InChI is InChI=1S/C11H18/c1-4-7-10-11(8-5-2)9-6-3/h5-6,8-9H,2,4,7,10H2,1,3H3. The van der Waals surface area contributed by atoms with E-state index in [4.69, 9.17) is 0 Å². The molecule has 0 aliphatic rings. The van der Waals surface area contributed by atoms with Gasteiger partial charge < -0.3 is 0 Å². The van der Waals surface area contributed by atoms with E-state index in [9.17, 15) is 0 Å². The fraction of sp³-hybridized carbons (Fsp3) is 0.455. The summed E-state index contributed by atoms with van der Waals surface area (Å²) in [5.41, 5.74) is 1.38. The number of unbranched alkanes of at least 4 members (excludes halogenated alkanes) is 1. The zero-order chi connectivity index (χ0) is 8.53. The first-order valence-electron chi connectivity index (χ1n) is 4.29. The molecule has 11 heavy (non-hydrogen) atoms. The van der Waals surface area contributed by atoms with Crippen LogP contribution < -0.4 is 0 Å². The van der Waals surface area contributed by atoms with Crippen LogP contribution in [0.4, 0.5) is 0 Å². The average molecular weight is 150 g/mol. The van der Waals surface area contributed by atoms with Crippen molar-refractivity contribution in [3.05, 3.63) is 36.5 Å². The maximum absolute atomic E-state index is 3.68. The molecule has 0 aromatic carbocycles. The summed E-state index contributed by atoms with van der Waals surface area (Å²) in [6, 6.07) is 0. The van der Waals surface area contributed by atoms with Crippen LogP contribution in [0.5, 0.6) is 0 Å². The number of hydrogen-bond acceptors (Lipinski definition) is 0. The first kappa shape index (κ1) is 10.2. The van der Waals surface area contributed by atoms with Crippen molar-refractivity contribution in [1.82, 2.24) is 0 Å². The van der Waals surface area contributed by atoms with Crippen molar-refractivity contribution in [2.45, 2.75) is 33.1 Å². The molecule has 0 atom stereocenters. The third-order valence-electron chi connectivity index (χ3n) is 1.53. The van der Waals surface area contributed by atoms with E-state index in [2.05, 4.69) is 31.7 Å². The van der Waals surface area contributed by atoms with Gasteiger partial charge in [0, 0.05) is 0 Å². The van der Waals surface area contributed by atoms with Gasteiger partial charge >= 0.3 is 0 Å². The topological polar surface area (TPSA) is 0 Å². The van der Waals surface area contributed by atoms with E-state index in [1.807, 2.05) is 13.0 Å². The van der Waals surface area contributed by atoms with E-state index in [-0.39, 0.29) is 0 Å². The second-order valence-electron chi connectivity index (χ2n) is 2.58. The lowest BCUT2D eigenvalue weighted by molar-refractivity contribution is 0.798. The SMILES string of the molecule is C=CC=C(C=CC)CCCC. The van der Waals surface area contributed by atoms with Crippen LogP contribution in [-0.4, -0.2) is 0 Å². The molecule has 0 saturated carbocycles. The Morgan fingerprint density at radius 1 is 1.45 bits per heavy atom. The molecule has 0 spiro atoms. The molecule has 0 bridgehead atoms. The summed E-state index contributed by atoms with van der Waals surface area (Å²) in [4.78, 5) is 0. The molecule has 0 unspecified atom stereocenters. The molecule has 0 saturated heterocycles. The molecule has 0 fully saturated rings. The highest BCUT2D eigenvalue weighted by molar-refractivity contribution is 5.22. The largest absolute Gasteiger partial charge is 0.0991 e. The van der Waals surface area contributed by atoms with Gasteiger partial charge in [0.25, 0.3) is 0 Å². The zero-order valence-electron chi connectivity index (χ0n) is 7.64. The van der Waals surface area contributed by atoms with Crippen molar-refractivity contribution in [3.63, 3.8) is 0 Å². The molecule has 62 valence electrons. The van der Waals surface area contributed by atoms with Crippen molar-refractivity contribution in [2.24, 2.45) is 0 Å². The average Bonchev–Trinajstić information content (AvgIpc) is 2.01. The Labute approximate surface area is 70.3 Å². The smallest absolute Gasteiger partial charge is 0.0279 e. The summed E-state index contributed by atoms with van der Waals surface area (Å²) in [7, 11) is 0. The van der Waals surface area contributed by atoms with Crippen molar-refractivity contribution >= 4 is 0 Å². The summed E-state index contributed by atoms with van der Waals surface area (Å²) in [5, 5.41) is 0. The van der Waals surface area contributed by atoms with Crippen LogP contribution in [0.2, 0.25) is 0 Å². The second-order valence-corrected chi connectivity index (χ2v) is 2.58. The molecule has 0 amide bonds. The molecule has 0 heteroatoms. The molecule has 0 aromatic rings. The van der Waals surface area contributed by atoms with Gasteiger partial charge in [-0.15, -0.1) is 0 Å². The Balaban J connectivity index is 3.89. The summed E-state index contributed by atoms with van der Waals surface area (Å²) in [6.45, 7) is 7.93. The first-order valence-corrected chi connectivity index (χ1v) is 4.29. The van der Waals surface area contributed by atoms with E-state index in [1.165, 1.54) is 24.8 Å². The van der Waals surface area contributed by atoms with E-state index in [1.54, 1.807) is 0 Å². The van der Waals surface area contributed by atoms with Crippen LogP contribution in [0, 0.1) is 0 Å². The minimum atomic E-state index is 1.17. The van der Waals surface area contributed by atoms with Crippen LogP contribution in [0.15, 0.2) is 36.5 Å². The van der Waals surface area contributed by atoms with Gasteiger partial charge in [0.2, 0.25) is 0 Å². The van der Waals surface area contributed by atoms with Gasteiger partial charge in [-0.05, 0) is 25.3 Å². The molecule has 0 N–H and O–H groups in total. The van der Waals surface area contributed by atoms with Gasteiger partial charge in [0.1, 0.15) is 0 Å². The second kappa shape index (κ2) is 7.33. The summed E-state index contributed by atoms with van der Waals surface area (Å²) in [6.07, 6.45) is 11.9. The van der Waals surface area contributed by atoms with Gasteiger partial charge in [-0.3, -0.25) is 0 Å². The Hall–Kier alpha value is -0.780. The molecule has 0 aliphatic carbocycles. The number of hydrogen-bond donors (Lipinski definition) is 0. The van der Waals surface area contributed by atoms with Crippen LogP contribution >= 0.6 is 0 Å². The summed E-state index contributed by atoms with van der Waals surface area (Å²) in [5.74, 6) is 0. The molecular weight excluding hydrogens is 132 g/mol. The van der Waals surface area contributed by atoms with Gasteiger partial charge in [-0.1, -0.05) is 44.2 Å². The predicted octanol–water partition coefficient (Wildman–Crippen LogP) is 3.87. The van der Waals surface area contributed by atoms with Gasteiger partial charge in [-0.2, -0.15) is 0 Å². The van der Waals surface area contributed by atoms with Crippen molar-refractivity contribution in [3.8, 4) is 0 Å². The Bertz CT molecular complexity index is 149.